The normalized spacial score (nSPS) is 12.5. The van der Waals surface area contributed by atoms with Crippen LogP contribution in [0.25, 0.3) is 0 Å². The number of nitrogens with one attached hydrogen (secondary N) is 1. The van der Waals surface area contributed by atoms with Crippen LogP contribution in [-0.2, 0) is 7.05 Å². The molecular weight excluding hydrogens is 158 g/mol. The maximum absolute atomic E-state index is 10.4. The van der Waals surface area contributed by atoms with Gasteiger partial charge in [-0.1, -0.05) is 0 Å². The van der Waals surface area contributed by atoms with Crippen molar-refractivity contribution in [1.29, 1.82) is 0 Å². The van der Waals surface area contributed by atoms with Crippen molar-refractivity contribution in [1.82, 2.24) is 20.1 Å². The van der Waals surface area contributed by atoms with Gasteiger partial charge in [-0.3, -0.25) is 4.68 Å². The summed E-state index contributed by atoms with van der Waals surface area (Å²) in [5.74, 6) is 0.552. The van der Waals surface area contributed by atoms with Crippen LogP contribution in [-0.4, -0.2) is 20.8 Å². The number of primary amides is 1. The third kappa shape index (κ3) is 1.94. The third-order valence-electron chi connectivity index (χ3n) is 1.36. The Labute approximate surface area is 69.8 Å². The molecular formula is C6H11N5O. The number of hydrogen-bond donors (Lipinski definition) is 2. The van der Waals surface area contributed by atoms with Gasteiger partial charge in [0.25, 0.3) is 0 Å². The topological polar surface area (TPSA) is 85.8 Å². The van der Waals surface area contributed by atoms with Gasteiger partial charge in [0, 0.05) is 7.05 Å². The van der Waals surface area contributed by atoms with Gasteiger partial charge < -0.3 is 11.1 Å². The lowest BCUT2D eigenvalue weighted by Crippen LogP contribution is -2.32. The first-order valence-corrected chi connectivity index (χ1v) is 3.51. The highest BCUT2D eigenvalue weighted by molar-refractivity contribution is 5.71. The summed E-state index contributed by atoms with van der Waals surface area (Å²) >= 11 is 0. The van der Waals surface area contributed by atoms with E-state index in [0.717, 1.165) is 0 Å². The minimum atomic E-state index is -0.574. The molecule has 0 saturated heterocycles. The van der Waals surface area contributed by atoms with E-state index in [1.165, 1.54) is 0 Å². The summed E-state index contributed by atoms with van der Waals surface area (Å²) < 4.78 is 1.56. The quantitative estimate of drug-likeness (QED) is 0.628. The van der Waals surface area contributed by atoms with E-state index in [-0.39, 0.29) is 6.04 Å². The first-order valence-electron chi connectivity index (χ1n) is 3.51. The second-order valence-electron chi connectivity index (χ2n) is 2.51. The summed E-state index contributed by atoms with van der Waals surface area (Å²) in [6.45, 7) is 1.76. The summed E-state index contributed by atoms with van der Waals surface area (Å²) in [5.41, 5.74) is 4.93. The fourth-order valence-corrected chi connectivity index (χ4v) is 0.832. The molecule has 1 heterocycles. The van der Waals surface area contributed by atoms with Crippen LogP contribution in [0.4, 0.5) is 4.79 Å². The van der Waals surface area contributed by atoms with Gasteiger partial charge in [-0.25, -0.2) is 9.78 Å². The second kappa shape index (κ2) is 3.21. The molecule has 1 aromatic heterocycles. The molecule has 3 N–H and O–H groups in total. The number of aryl methyl sites for hydroxylation is 1. The Morgan fingerprint density at radius 2 is 2.50 bits per heavy atom. The van der Waals surface area contributed by atoms with Gasteiger partial charge in [-0.15, -0.1) is 0 Å². The van der Waals surface area contributed by atoms with Crippen LogP contribution in [0.1, 0.15) is 18.8 Å². The summed E-state index contributed by atoms with van der Waals surface area (Å²) in [5, 5.41) is 6.47. The van der Waals surface area contributed by atoms with Crippen molar-refractivity contribution in [3.63, 3.8) is 0 Å². The number of carbonyl (C=O) groups excluding carboxylic acids is 1. The van der Waals surface area contributed by atoms with E-state index in [4.69, 9.17) is 5.73 Å². The summed E-state index contributed by atoms with van der Waals surface area (Å²) in [7, 11) is 1.76. The number of nitrogens with zero attached hydrogens (tertiary/aromatic N) is 3. The highest BCUT2D eigenvalue weighted by Crippen LogP contribution is 2.03. The van der Waals surface area contributed by atoms with Gasteiger partial charge in [0.15, 0.2) is 5.82 Å². The highest BCUT2D eigenvalue weighted by atomic mass is 16.2. The fourth-order valence-electron chi connectivity index (χ4n) is 0.832. The predicted molar refractivity (Wildman–Crippen MR) is 42.1 cm³/mol. The Kier molecular flexibility index (Phi) is 2.27. The Morgan fingerprint density at radius 3 is 2.92 bits per heavy atom. The number of urea groups is 1. The van der Waals surface area contributed by atoms with Gasteiger partial charge >= 0.3 is 6.03 Å². The smallest absolute Gasteiger partial charge is 0.312 e. The molecule has 1 rings (SSSR count). The number of amides is 2. The lowest BCUT2D eigenvalue weighted by Gasteiger charge is -2.06. The number of carbonyl (C=O) groups is 1. The van der Waals surface area contributed by atoms with Gasteiger partial charge in [0.2, 0.25) is 0 Å². The van der Waals surface area contributed by atoms with Crippen LogP contribution in [0, 0.1) is 0 Å². The van der Waals surface area contributed by atoms with Gasteiger partial charge in [0.1, 0.15) is 6.33 Å². The van der Waals surface area contributed by atoms with E-state index in [2.05, 4.69) is 15.4 Å². The molecule has 6 heteroatoms. The molecule has 0 radical (unpaired) electrons. The molecule has 0 aliphatic rings. The molecule has 0 fully saturated rings. The molecule has 1 unspecified atom stereocenters. The largest absolute Gasteiger partial charge is 0.352 e. The number of nitrogens with two attached hydrogens (primary N) is 1. The maximum atomic E-state index is 10.4. The minimum Gasteiger partial charge on any atom is -0.352 e. The molecule has 0 spiro atoms. The Hall–Kier alpha value is -1.59. The first kappa shape index (κ1) is 8.51. The van der Waals surface area contributed by atoms with Gasteiger partial charge in [-0.2, -0.15) is 5.10 Å². The van der Waals surface area contributed by atoms with Crippen LogP contribution < -0.4 is 11.1 Å². The molecule has 0 bridgehead atoms. The van der Waals surface area contributed by atoms with Gasteiger partial charge in [-0.05, 0) is 6.92 Å². The zero-order chi connectivity index (χ0) is 9.14. The molecule has 1 aromatic rings. The van der Waals surface area contributed by atoms with Crippen LogP contribution in [0.15, 0.2) is 6.33 Å². The number of rotatable bonds is 2. The lowest BCUT2D eigenvalue weighted by molar-refractivity contribution is 0.245. The van der Waals surface area contributed by atoms with E-state index in [9.17, 15) is 4.79 Å². The van der Waals surface area contributed by atoms with Crippen LogP contribution in [0.3, 0.4) is 0 Å². The fraction of sp³-hybridized carbons (Fsp3) is 0.500. The summed E-state index contributed by atoms with van der Waals surface area (Å²) in [6, 6.07) is -0.821. The molecule has 0 aromatic carbocycles. The van der Waals surface area contributed by atoms with Gasteiger partial charge in [0.05, 0.1) is 6.04 Å². The maximum Gasteiger partial charge on any atom is 0.312 e. The third-order valence-corrected chi connectivity index (χ3v) is 1.36. The number of hydrogen-bond acceptors (Lipinski definition) is 3. The molecule has 2 amide bonds. The standard InChI is InChI=1S/C6H11N5O/c1-4(9-6(7)12)5-8-3-11(2)10-5/h3-4H,1-2H3,(H3,7,9,12). The average Bonchev–Trinajstić information content (AvgIpc) is 2.34. The monoisotopic (exact) mass is 169 g/mol. The second-order valence-corrected chi connectivity index (χ2v) is 2.51. The van der Waals surface area contributed by atoms with Crippen LogP contribution >= 0.6 is 0 Å². The van der Waals surface area contributed by atoms with E-state index >= 15 is 0 Å². The zero-order valence-corrected chi connectivity index (χ0v) is 6.98. The highest BCUT2D eigenvalue weighted by Gasteiger charge is 2.10. The van der Waals surface area contributed by atoms with E-state index in [0.29, 0.717) is 5.82 Å². The summed E-state index contributed by atoms with van der Waals surface area (Å²) in [4.78, 5) is 14.4. The van der Waals surface area contributed by atoms with Crippen LogP contribution in [0.2, 0.25) is 0 Å². The van der Waals surface area contributed by atoms with Crippen molar-refractivity contribution in [3.05, 3.63) is 12.2 Å². The molecule has 6 nitrogen and oxygen atoms in total. The predicted octanol–water partition coefficient (Wildman–Crippen LogP) is -0.456. The lowest BCUT2D eigenvalue weighted by atomic mass is 10.3. The first-order chi connectivity index (χ1) is 5.59. The van der Waals surface area contributed by atoms with Crippen molar-refractivity contribution in [3.8, 4) is 0 Å². The minimum absolute atomic E-state index is 0.247. The van der Waals surface area contributed by atoms with Crippen molar-refractivity contribution >= 4 is 6.03 Å². The van der Waals surface area contributed by atoms with Crippen molar-refractivity contribution in [2.24, 2.45) is 12.8 Å². The van der Waals surface area contributed by atoms with Crippen molar-refractivity contribution < 1.29 is 4.79 Å². The van der Waals surface area contributed by atoms with E-state index in [1.54, 1.807) is 25.0 Å². The number of aromatic nitrogens is 3. The molecule has 0 saturated carbocycles. The molecule has 0 aliphatic heterocycles. The van der Waals surface area contributed by atoms with Crippen LogP contribution in [0.5, 0.6) is 0 Å². The molecule has 1 atom stereocenters. The Morgan fingerprint density at radius 1 is 1.83 bits per heavy atom. The molecule has 12 heavy (non-hydrogen) atoms. The van der Waals surface area contributed by atoms with E-state index < -0.39 is 6.03 Å². The Bertz CT molecular complexity index is 281. The summed E-state index contributed by atoms with van der Waals surface area (Å²) in [6.07, 6.45) is 1.56. The molecule has 66 valence electrons. The van der Waals surface area contributed by atoms with Crippen molar-refractivity contribution in [2.75, 3.05) is 0 Å². The SMILES string of the molecule is CC(NC(N)=O)c1ncn(C)n1. The average molecular weight is 169 g/mol. The molecule has 0 aliphatic carbocycles. The Balaban J connectivity index is 2.64. The van der Waals surface area contributed by atoms with E-state index in [1.807, 2.05) is 0 Å². The zero-order valence-electron chi connectivity index (χ0n) is 6.98. The van der Waals surface area contributed by atoms with Crippen molar-refractivity contribution in [2.45, 2.75) is 13.0 Å².